The van der Waals surface area contributed by atoms with Crippen LogP contribution in [0.5, 0.6) is 5.75 Å². The maximum atomic E-state index is 5.23. The summed E-state index contributed by atoms with van der Waals surface area (Å²) in [7, 11) is 3.75. The van der Waals surface area contributed by atoms with Gasteiger partial charge in [0, 0.05) is 25.5 Å². The fourth-order valence-electron chi connectivity index (χ4n) is 2.73. The molecular formula is C20H31IN4OS. The Morgan fingerprint density at radius 2 is 2.04 bits per heavy atom. The van der Waals surface area contributed by atoms with E-state index in [4.69, 9.17) is 9.73 Å². The zero-order valence-electron chi connectivity index (χ0n) is 16.9. The van der Waals surface area contributed by atoms with E-state index in [1.807, 2.05) is 19.1 Å². The molecule has 0 bridgehead atoms. The fraction of sp³-hybridized carbons (Fsp3) is 0.500. The molecule has 2 rings (SSSR count). The highest BCUT2D eigenvalue weighted by Gasteiger charge is 2.10. The van der Waals surface area contributed by atoms with Gasteiger partial charge in [0.05, 0.1) is 24.4 Å². The van der Waals surface area contributed by atoms with Gasteiger partial charge in [-0.1, -0.05) is 19.1 Å². The first-order chi connectivity index (χ1) is 12.5. The third-order valence-corrected chi connectivity index (χ3v) is 5.09. The summed E-state index contributed by atoms with van der Waals surface area (Å²) in [6, 6.07) is 8.30. The van der Waals surface area contributed by atoms with Crippen LogP contribution in [0.25, 0.3) is 0 Å². The number of nitrogens with zero attached hydrogens (tertiary/aromatic N) is 3. The number of aliphatic imine (C=N–C) groups is 1. The van der Waals surface area contributed by atoms with Crippen molar-refractivity contribution in [1.29, 1.82) is 0 Å². The topological polar surface area (TPSA) is 49.8 Å². The first kappa shape index (κ1) is 23.7. The highest BCUT2D eigenvalue weighted by Crippen LogP contribution is 2.21. The van der Waals surface area contributed by atoms with E-state index in [9.17, 15) is 0 Å². The van der Waals surface area contributed by atoms with E-state index < -0.39 is 0 Å². The molecule has 5 nitrogen and oxygen atoms in total. The molecule has 1 aromatic carbocycles. The van der Waals surface area contributed by atoms with Gasteiger partial charge in [-0.2, -0.15) is 0 Å². The number of rotatable bonds is 8. The van der Waals surface area contributed by atoms with Crippen LogP contribution in [0.3, 0.4) is 0 Å². The smallest absolute Gasteiger partial charge is 0.194 e. The molecule has 150 valence electrons. The maximum Gasteiger partial charge on any atom is 0.194 e. The Bertz CT molecular complexity index is 702. The van der Waals surface area contributed by atoms with Gasteiger partial charge in [-0.3, -0.25) is 4.99 Å². The lowest BCUT2D eigenvalue weighted by molar-refractivity contribution is 0.414. The van der Waals surface area contributed by atoms with Crippen LogP contribution in [0.1, 0.15) is 42.5 Å². The van der Waals surface area contributed by atoms with E-state index in [0.29, 0.717) is 5.92 Å². The van der Waals surface area contributed by atoms with Gasteiger partial charge in [-0.15, -0.1) is 35.3 Å². The van der Waals surface area contributed by atoms with Gasteiger partial charge in [-0.05, 0) is 43.9 Å². The second kappa shape index (κ2) is 12.2. The number of guanidine groups is 1. The van der Waals surface area contributed by atoms with Gasteiger partial charge in [0.15, 0.2) is 5.96 Å². The van der Waals surface area contributed by atoms with E-state index in [1.165, 1.54) is 5.56 Å². The van der Waals surface area contributed by atoms with Crippen LogP contribution in [0, 0.1) is 6.92 Å². The van der Waals surface area contributed by atoms with Crippen molar-refractivity contribution in [3.05, 3.63) is 45.9 Å². The monoisotopic (exact) mass is 502 g/mol. The number of aryl methyl sites for hydroxylation is 1. The molecule has 1 unspecified atom stereocenters. The van der Waals surface area contributed by atoms with Crippen molar-refractivity contribution in [3.63, 3.8) is 0 Å². The second-order valence-corrected chi connectivity index (χ2v) is 7.47. The summed E-state index contributed by atoms with van der Waals surface area (Å²) in [5.41, 5.74) is 2.41. The molecule has 1 heterocycles. The Kier molecular flexibility index (Phi) is 10.7. The van der Waals surface area contributed by atoms with Crippen molar-refractivity contribution in [1.82, 2.24) is 15.2 Å². The molecule has 0 spiro atoms. The molecule has 2 aromatic rings. The minimum absolute atomic E-state index is 0. The molecule has 0 aliphatic heterocycles. The maximum absolute atomic E-state index is 5.23. The number of hydrogen-bond acceptors (Lipinski definition) is 4. The number of aromatic nitrogens is 1. The average Bonchev–Trinajstić information content (AvgIpc) is 3.05. The third-order valence-electron chi connectivity index (χ3n) is 4.27. The van der Waals surface area contributed by atoms with Crippen molar-refractivity contribution in [2.24, 2.45) is 4.99 Å². The number of halogens is 1. The average molecular weight is 502 g/mol. The molecule has 0 aliphatic carbocycles. The highest BCUT2D eigenvalue weighted by atomic mass is 127. The van der Waals surface area contributed by atoms with Crippen molar-refractivity contribution in [2.75, 3.05) is 27.2 Å². The predicted octanol–water partition coefficient (Wildman–Crippen LogP) is 4.67. The number of methoxy groups -OCH3 is 1. The fourth-order valence-corrected chi connectivity index (χ4v) is 3.34. The van der Waals surface area contributed by atoms with E-state index in [2.05, 4.69) is 53.6 Å². The van der Waals surface area contributed by atoms with Crippen molar-refractivity contribution in [3.8, 4) is 5.75 Å². The van der Waals surface area contributed by atoms with Gasteiger partial charge in [0.1, 0.15) is 5.75 Å². The van der Waals surface area contributed by atoms with E-state index in [-0.39, 0.29) is 24.0 Å². The molecule has 27 heavy (non-hydrogen) atoms. The number of thiazole rings is 1. The molecule has 0 aliphatic rings. The summed E-state index contributed by atoms with van der Waals surface area (Å²) in [6.07, 6.45) is 1.00. The van der Waals surface area contributed by atoms with Gasteiger partial charge in [0.25, 0.3) is 0 Å². The number of hydrogen-bond donors (Lipinski definition) is 1. The molecule has 1 atom stereocenters. The van der Waals surface area contributed by atoms with Crippen LogP contribution >= 0.6 is 35.3 Å². The van der Waals surface area contributed by atoms with Gasteiger partial charge in [-0.25, -0.2) is 4.98 Å². The second-order valence-electron chi connectivity index (χ2n) is 6.41. The molecule has 7 heteroatoms. The van der Waals surface area contributed by atoms with E-state index in [1.54, 1.807) is 18.4 Å². The van der Waals surface area contributed by atoms with Crippen LogP contribution in [-0.4, -0.2) is 43.1 Å². The molecule has 0 radical (unpaired) electrons. The molecule has 0 amide bonds. The Hall–Kier alpha value is -1.35. The van der Waals surface area contributed by atoms with Crippen molar-refractivity contribution >= 4 is 41.3 Å². The lowest BCUT2D eigenvalue weighted by atomic mass is 9.98. The summed E-state index contributed by atoms with van der Waals surface area (Å²) in [6.45, 7) is 8.78. The zero-order valence-corrected chi connectivity index (χ0v) is 20.0. The van der Waals surface area contributed by atoms with Gasteiger partial charge < -0.3 is 15.0 Å². The van der Waals surface area contributed by atoms with Crippen LogP contribution in [0.15, 0.2) is 34.6 Å². The molecule has 1 aromatic heterocycles. The SMILES string of the molecule is CCNC(=NCCC(C)c1ccc(OC)cc1)N(C)Cc1csc(C)n1.I. The molecule has 0 saturated heterocycles. The Morgan fingerprint density at radius 1 is 1.33 bits per heavy atom. The van der Waals surface area contributed by atoms with Crippen molar-refractivity contribution in [2.45, 2.75) is 39.7 Å². The summed E-state index contributed by atoms with van der Waals surface area (Å²) < 4.78 is 5.23. The zero-order chi connectivity index (χ0) is 18.9. The largest absolute Gasteiger partial charge is 0.497 e. The molecule has 0 fully saturated rings. The lowest BCUT2D eigenvalue weighted by Crippen LogP contribution is -2.38. The standard InChI is InChI=1S/C20H30N4OS.HI/c1-6-21-20(24(4)13-18-14-26-16(3)23-18)22-12-11-15(2)17-7-9-19(25-5)10-8-17;/h7-10,14-15H,6,11-13H2,1-5H3,(H,21,22);1H. The van der Waals surface area contributed by atoms with Crippen LogP contribution in [0.4, 0.5) is 0 Å². The Morgan fingerprint density at radius 3 is 2.59 bits per heavy atom. The van der Waals surface area contributed by atoms with Gasteiger partial charge >= 0.3 is 0 Å². The Balaban J connectivity index is 0.00000364. The highest BCUT2D eigenvalue weighted by molar-refractivity contribution is 14.0. The van der Waals surface area contributed by atoms with Crippen molar-refractivity contribution < 1.29 is 4.74 Å². The Labute approximate surface area is 184 Å². The predicted molar refractivity (Wildman–Crippen MR) is 126 cm³/mol. The first-order valence-electron chi connectivity index (χ1n) is 9.07. The number of benzene rings is 1. The minimum atomic E-state index is 0. The lowest BCUT2D eigenvalue weighted by Gasteiger charge is -2.21. The van der Waals surface area contributed by atoms with Gasteiger partial charge in [0.2, 0.25) is 0 Å². The van der Waals surface area contributed by atoms with Crippen LogP contribution < -0.4 is 10.1 Å². The quantitative estimate of drug-likeness (QED) is 0.324. The minimum Gasteiger partial charge on any atom is -0.497 e. The summed E-state index contributed by atoms with van der Waals surface area (Å²) in [5, 5.41) is 6.59. The van der Waals surface area contributed by atoms with Crippen LogP contribution in [-0.2, 0) is 6.54 Å². The first-order valence-corrected chi connectivity index (χ1v) is 9.95. The molecule has 0 saturated carbocycles. The number of nitrogens with one attached hydrogen (secondary N) is 1. The summed E-state index contributed by atoms with van der Waals surface area (Å²) in [5.74, 6) is 2.28. The van der Waals surface area contributed by atoms with Crippen LogP contribution in [0.2, 0.25) is 0 Å². The molecule has 1 N–H and O–H groups in total. The van der Waals surface area contributed by atoms with E-state index >= 15 is 0 Å². The normalized spacial score (nSPS) is 12.3. The third kappa shape index (κ3) is 7.65. The van der Waals surface area contributed by atoms with E-state index in [0.717, 1.165) is 48.5 Å². The summed E-state index contributed by atoms with van der Waals surface area (Å²) >= 11 is 1.69. The summed E-state index contributed by atoms with van der Waals surface area (Å²) in [4.78, 5) is 11.5. The molecular weight excluding hydrogens is 471 g/mol. The number of ether oxygens (including phenoxy) is 1.